The molecule has 0 unspecified atom stereocenters. The van der Waals surface area contributed by atoms with E-state index < -0.39 is 0 Å². The van der Waals surface area contributed by atoms with Gasteiger partial charge >= 0.3 is 0 Å². The molecule has 8 nitrogen and oxygen atoms in total. The van der Waals surface area contributed by atoms with Crippen LogP contribution in [0, 0.1) is 5.92 Å². The number of methoxy groups -OCH3 is 2. The molecule has 0 spiro atoms. The number of hydrogen-bond donors (Lipinski definition) is 2. The van der Waals surface area contributed by atoms with Crippen molar-refractivity contribution < 1.29 is 18.8 Å². The number of anilines is 1. The van der Waals surface area contributed by atoms with Gasteiger partial charge in [-0.2, -0.15) is 0 Å². The Hall–Kier alpha value is -2.52. The SMILES string of the molecule is COc1ccc(OC)c(Sc2nc3c([nH]2)c(N)nc[n+]3CCC2CCOCC2)c1. The summed E-state index contributed by atoms with van der Waals surface area (Å²) >= 11 is 1.47. The highest BCUT2D eigenvalue weighted by Gasteiger charge is 2.22. The van der Waals surface area contributed by atoms with Gasteiger partial charge in [-0.3, -0.25) is 0 Å². The maximum absolute atomic E-state index is 6.11. The number of nitrogen functional groups attached to an aromatic ring is 1. The highest BCUT2D eigenvalue weighted by molar-refractivity contribution is 7.99. The third-order valence-electron chi connectivity index (χ3n) is 5.22. The third kappa shape index (κ3) is 4.40. The summed E-state index contributed by atoms with van der Waals surface area (Å²) in [6.45, 7) is 2.57. The number of aromatic nitrogens is 4. The minimum atomic E-state index is 0.444. The average molecular weight is 417 g/mol. The minimum absolute atomic E-state index is 0.444. The van der Waals surface area contributed by atoms with Gasteiger partial charge in [-0.15, -0.1) is 0 Å². The second-order valence-electron chi connectivity index (χ2n) is 7.03. The van der Waals surface area contributed by atoms with E-state index in [4.69, 9.17) is 24.9 Å². The number of hydrogen-bond acceptors (Lipinski definition) is 7. The van der Waals surface area contributed by atoms with Gasteiger partial charge in [0, 0.05) is 13.2 Å². The second-order valence-corrected chi connectivity index (χ2v) is 8.06. The van der Waals surface area contributed by atoms with E-state index >= 15 is 0 Å². The van der Waals surface area contributed by atoms with Crippen molar-refractivity contribution in [2.24, 2.45) is 5.92 Å². The van der Waals surface area contributed by atoms with Crippen LogP contribution < -0.4 is 19.8 Å². The molecule has 154 valence electrons. The van der Waals surface area contributed by atoms with Gasteiger partial charge in [0.25, 0.3) is 5.65 Å². The zero-order valence-electron chi connectivity index (χ0n) is 16.7. The number of aryl methyl sites for hydroxylation is 1. The normalized spacial score (nSPS) is 15.0. The Morgan fingerprint density at radius 2 is 2.10 bits per heavy atom. The summed E-state index contributed by atoms with van der Waals surface area (Å²) < 4.78 is 18.3. The molecule has 0 radical (unpaired) electrons. The van der Waals surface area contributed by atoms with E-state index in [9.17, 15) is 0 Å². The molecule has 1 aliphatic rings. The number of aromatic amines is 1. The lowest BCUT2D eigenvalue weighted by molar-refractivity contribution is -0.677. The van der Waals surface area contributed by atoms with Crippen molar-refractivity contribution in [3.63, 3.8) is 0 Å². The number of rotatable bonds is 7. The van der Waals surface area contributed by atoms with E-state index in [1.165, 1.54) is 11.8 Å². The van der Waals surface area contributed by atoms with Crippen molar-refractivity contribution >= 4 is 28.7 Å². The summed E-state index contributed by atoms with van der Waals surface area (Å²) in [4.78, 5) is 13.4. The molecule has 1 saturated heterocycles. The quantitative estimate of drug-likeness (QED) is 0.571. The smallest absolute Gasteiger partial charge is 0.294 e. The predicted octanol–water partition coefficient (Wildman–Crippen LogP) is 2.81. The molecule has 2 aromatic heterocycles. The fourth-order valence-corrected chi connectivity index (χ4v) is 4.44. The zero-order chi connectivity index (χ0) is 20.2. The summed E-state index contributed by atoms with van der Waals surface area (Å²) in [7, 11) is 3.29. The summed E-state index contributed by atoms with van der Waals surface area (Å²) in [6, 6.07) is 5.68. The standard InChI is InChI=1S/C20H25N5O3S/c1-26-14-3-4-15(27-2)16(11-14)29-20-23-17-18(21)22-12-25(19(17)24-20)8-5-13-6-9-28-10-7-13/h3-4,11-13H,5-10H2,1-2H3,(H2,21,23,24)/p+1. The van der Waals surface area contributed by atoms with Crippen molar-refractivity contribution in [1.29, 1.82) is 0 Å². The highest BCUT2D eigenvalue weighted by atomic mass is 32.2. The van der Waals surface area contributed by atoms with Crippen LogP contribution in [0.15, 0.2) is 34.6 Å². The molecule has 0 amide bonds. The number of benzene rings is 1. The van der Waals surface area contributed by atoms with Crippen LogP contribution in [0.25, 0.3) is 11.2 Å². The van der Waals surface area contributed by atoms with Crippen molar-refractivity contribution in [2.45, 2.75) is 35.9 Å². The average Bonchev–Trinajstić information content (AvgIpc) is 3.18. The number of nitrogens with two attached hydrogens (primary N) is 1. The fraction of sp³-hybridized carbons (Fsp3) is 0.450. The number of nitrogens with zero attached hydrogens (tertiary/aromatic N) is 3. The molecule has 1 aromatic carbocycles. The van der Waals surface area contributed by atoms with Gasteiger partial charge < -0.3 is 24.9 Å². The van der Waals surface area contributed by atoms with Gasteiger partial charge in [0.1, 0.15) is 11.5 Å². The number of fused-ring (bicyclic) bond motifs is 1. The van der Waals surface area contributed by atoms with Crippen LogP contribution in [0.4, 0.5) is 5.82 Å². The lowest BCUT2D eigenvalue weighted by Crippen LogP contribution is -2.37. The highest BCUT2D eigenvalue weighted by Crippen LogP contribution is 2.36. The predicted molar refractivity (Wildman–Crippen MR) is 110 cm³/mol. The summed E-state index contributed by atoms with van der Waals surface area (Å²) in [5.74, 6) is 2.64. The van der Waals surface area contributed by atoms with Crippen molar-refractivity contribution in [1.82, 2.24) is 15.0 Å². The van der Waals surface area contributed by atoms with Gasteiger partial charge in [0.05, 0.1) is 25.7 Å². The Balaban J connectivity index is 1.59. The lowest BCUT2D eigenvalue weighted by atomic mass is 9.97. The Labute approximate surface area is 173 Å². The maximum Gasteiger partial charge on any atom is 0.294 e. The molecule has 0 saturated carbocycles. The first-order valence-corrected chi connectivity index (χ1v) is 10.5. The lowest BCUT2D eigenvalue weighted by Gasteiger charge is -2.21. The summed E-state index contributed by atoms with van der Waals surface area (Å²) in [6.07, 6.45) is 5.08. The van der Waals surface area contributed by atoms with Crippen LogP contribution >= 0.6 is 11.8 Å². The first kappa shape index (κ1) is 19.8. The van der Waals surface area contributed by atoms with Crippen LogP contribution in [0.3, 0.4) is 0 Å². The van der Waals surface area contributed by atoms with E-state index in [2.05, 4.69) is 14.5 Å². The number of imidazole rings is 1. The van der Waals surface area contributed by atoms with Crippen molar-refractivity contribution in [2.75, 3.05) is 33.2 Å². The fourth-order valence-electron chi connectivity index (χ4n) is 3.52. The van der Waals surface area contributed by atoms with E-state index in [-0.39, 0.29) is 0 Å². The maximum atomic E-state index is 6.11. The van der Waals surface area contributed by atoms with Crippen molar-refractivity contribution in [3.05, 3.63) is 24.5 Å². The molecule has 9 heteroatoms. The van der Waals surface area contributed by atoms with Crippen LogP contribution in [-0.4, -0.2) is 42.4 Å². The molecule has 29 heavy (non-hydrogen) atoms. The van der Waals surface area contributed by atoms with Crippen molar-refractivity contribution in [3.8, 4) is 11.5 Å². The minimum Gasteiger partial charge on any atom is -0.497 e. The van der Waals surface area contributed by atoms with Gasteiger partial charge in [-0.05, 0) is 55.1 Å². The van der Waals surface area contributed by atoms with E-state index in [1.54, 1.807) is 20.5 Å². The van der Waals surface area contributed by atoms with Gasteiger partial charge in [-0.1, -0.05) is 9.97 Å². The second kappa shape index (κ2) is 8.87. The van der Waals surface area contributed by atoms with Gasteiger partial charge in [-0.25, -0.2) is 4.57 Å². The zero-order valence-corrected chi connectivity index (χ0v) is 17.5. The van der Waals surface area contributed by atoms with E-state index in [0.29, 0.717) is 11.7 Å². The molecule has 1 aliphatic heterocycles. The van der Waals surface area contributed by atoms with Gasteiger partial charge in [0.15, 0.2) is 5.52 Å². The Morgan fingerprint density at radius 3 is 2.86 bits per heavy atom. The van der Waals surface area contributed by atoms with Crippen LogP contribution in [0.5, 0.6) is 11.5 Å². The Bertz CT molecular complexity index is 988. The molecule has 4 rings (SSSR count). The first-order chi connectivity index (χ1) is 14.2. The number of H-pyrrole nitrogens is 1. The Morgan fingerprint density at radius 1 is 1.28 bits per heavy atom. The largest absolute Gasteiger partial charge is 0.497 e. The Kier molecular flexibility index (Phi) is 6.05. The molecule has 1 fully saturated rings. The molecule has 0 atom stereocenters. The molecule has 0 bridgehead atoms. The monoisotopic (exact) mass is 416 g/mol. The molecule has 3 aromatic rings. The topological polar surface area (TPSA) is 99.2 Å². The number of nitrogens with one attached hydrogen (secondary N) is 1. The van der Waals surface area contributed by atoms with Gasteiger partial charge in [0.2, 0.25) is 17.3 Å². The molecular formula is C20H26N5O3S+. The third-order valence-corrected chi connectivity index (χ3v) is 6.15. The summed E-state index contributed by atoms with van der Waals surface area (Å²) in [5.41, 5.74) is 7.67. The molecule has 0 aliphatic carbocycles. The van der Waals surface area contributed by atoms with Crippen LogP contribution in [0.1, 0.15) is 19.3 Å². The molecule has 3 heterocycles. The van der Waals surface area contributed by atoms with Crippen LogP contribution in [0.2, 0.25) is 0 Å². The summed E-state index contributed by atoms with van der Waals surface area (Å²) in [5, 5.41) is 0.728. The molecular weight excluding hydrogens is 390 g/mol. The first-order valence-electron chi connectivity index (χ1n) is 9.69. The van der Waals surface area contributed by atoms with Crippen LogP contribution in [-0.2, 0) is 11.3 Å². The molecule has 3 N–H and O–H groups in total. The number of ether oxygens (including phenoxy) is 3. The van der Waals surface area contributed by atoms with E-state index in [0.717, 1.165) is 71.7 Å². The van der Waals surface area contributed by atoms with E-state index in [1.807, 2.05) is 18.2 Å².